The van der Waals surface area contributed by atoms with E-state index in [9.17, 15) is 4.79 Å². The van der Waals surface area contributed by atoms with Crippen LogP contribution in [0, 0.1) is 20.8 Å². The molecule has 22 heavy (non-hydrogen) atoms. The quantitative estimate of drug-likeness (QED) is 0.792. The second-order valence-corrected chi connectivity index (χ2v) is 6.99. The number of nitrogens with one attached hydrogen (secondary N) is 1. The lowest BCUT2D eigenvalue weighted by Gasteiger charge is -1.98. The number of rotatable bonds is 3. The molecule has 0 saturated heterocycles. The van der Waals surface area contributed by atoms with Gasteiger partial charge in [0.1, 0.15) is 9.88 Å². The standard InChI is InChI=1S/C15H14N4OS2/c1-8-10(3)21-15(18-8)19-13(20)12-9(2)17-14(22-12)11-4-6-16-7-5-11/h4-7H,1-3H3,(H,18,19,20). The number of aryl methyl sites for hydroxylation is 3. The Morgan fingerprint density at radius 1 is 1.05 bits per heavy atom. The number of aromatic nitrogens is 3. The molecule has 0 radical (unpaired) electrons. The first-order chi connectivity index (χ1) is 10.5. The fourth-order valence-electron chi connectivity index (χ4n) is 1.91. The maximum atomic E-state index is 12.4. The maximum absolute atomic E-state index is 12.4. The molecule has 7 heteroatoms. The molecule has 3 aromatic heterocycles. The monoisotopic (exact) mass is 330 g/mol. The predicted molar refractivity (Wildman–Crippen MR) is 89.6 cm³/mol. The van der Waals surface area contributed by atoms with Crippen LogP contribution >= 0.6 is 22.7 Å². The van der Waals surface area contributed by atoms with E-state index in [-0.39, 0.29) is 5.91 Å². The van der Waals surface area contributed by atoms with Crippen molar-refractivity contribution in [3.8, 4) is 10.6 Å². The Morgan fingerprint density at radius 2 is 1.77 bits per heavy atom. The van der Waals surface area contributed by atoms with Gasteiger partial charge in [-0.05, 0) is 32.9 Å². The molecule has 0 aliphatic heterocycles. The molecule has 0 atom stereocenters. The van der Waals surface area contributed by atoms with Crippen LogP contribution in [0.15, 0.2) is 24.5 Å². The Labute approximate surface area is 136 Å². The molecule has 112 valence electrons. The first-order valence-corrected chi connectivity index (χ1v) is 8.31. The highest BCUT2D eigenvalue weighted by Gasteiger charge is 2.17. The molecule has 0 saturated carbocycles. The number of hydrogen-bond acceptors (Lipinski definition) is 6. The van der Waals surface area contributed by atoms with Crippen molar-refractivity contribution in [1.29, 1.82) is 0 Å². The first-order valence-electron chi connectivity index (χ1n) is 6.68. The van der Waals surface area contributed by atoms with Crippen LogP contribution in [-0.2, 0) is 0 Å². The van der Waals surface area contributed by atoms with Gasteiger partial charge in [-0.25, -0.2) is 9.97 Å². The van der Waals surface area contributed by atoms with Crippen LogP contribution in [0.4, 0.5) is 5.13 Å². The average molecular weight is 330 g/mol. The smallest absolute Gasteiger partial charge is 0.269 e. The molecular weight excluding hydrogens is 316 g/mol. The van der Waals surface area contributed by atoms with Crippen molar-refractivity contribution in [3.63, 3.8) is 0 Å². The van der Waals surface area contributed by atoms with Crippen molar-refractivity contribution >= 4 is 33.7 Å². The third-order valence-electron chi connectivity index (χ3n) is 3.18. The van der Waals surface area contributed by atoms with Crippen molar-refractivity contribution in [2.45, 2.75) is 20.8 Å². The van der Waals surface area contributed by atoms with Crippen molar-refractivity contribution < 1.29 is 4.79 Å². The fourth-order valence-corrected chi connectivity index (χ4v) is 3.68. The van der Waals surface area contributed by atoms with Crippen LogP contribution in [0.5, 0.6) is 0 Å². The number of anilines is 1. The summed E-state index contributed by atoms with van der Waals surface area (Å²) in [5, 5.41) is 4.29. The summed E-state index contributed by atoms with van der Waals surface area (Å²) in [6.45, 7) is 5.76. The lowest BCUT2D eigenvalue weighted by molar-refractivity contribution is 0.103. The van der Waals surface area contributed by atoms with Gasteiger partial charge in [0.2, 0.25) is 0 Å². The molecule has 0 aliphatic carbocycles. The zero-order chi connectivity index (χ0) is 15.7. The normalized spacial score (nSPS) is 10.7. The Balaban J connectivity index is 1.85. The van der Waals surface area contributed by atoms with E-state index in [0.717, 1.165) is 26.8 Å². The Bertz CT molecular complexity index is 804. The van der Waals surface area contributed by atoms with Gasteiger partial charge in [0.05, 0.1) is 11.4 Å². The largest absolute Gasteiger partial charge is 0.297 e. The van der Waals surface area contributed by atoms with Gasteiger partial charge in [0, 0.05) is 22.8 Å². The zero-order valence-electron chi connectivity index (χ0n) is 12.4. The Morgan fingerprint density at radius 3 is 2.41 bits per heavy atom. The van der Waals surface area contributed by atoms with Crippen LogP contribution in [0.25, 0.3) is 10.6 Å². The second-order valence-electron chi connectivity index (χ2n) is 4.78. The highest BCUT2D eigenvalue weighted by Crippen LogP contribution is 2.29. The number of hydrogen-bond donors (Lipinski definition) is 1. The topological polar surface area (TPSA) is 67.8 Å². The third kappa shape index (κ3) is 2.90. The van der Waals surface area contributed by atoms with Gasteiger partial charge >= 0.3 is 0 Å². The highest BCUT2D eigenvalue weighted by molar-refractivity contribution is 7.18. The van der Waals surface area contributed by atoms with Crippen LogP contribution in [0.2, 0.25) is 0 Å². The van der Waals surface area contributed by atoms with Crippen LogP contribution in [0.3, 0.4) is 0 Å². The molecule has 1 amide bonds. The van der Waals surface area contributed by atoms with E-state index in [4.69, 9.17) is 0 Å². The highest BCUT2D eigenvalue weighted by atomic mass is 32.1. The van der Waals surface area contributed by atoms with Gasteiger partial charge in [-0.3, -0.25) is 15.1 Å². The summed E-state index contributed by atoms with van der Waals surface area (Å²) >= 11 is 2.86. The number of nitrogens with zero attached hydrogens (tertiary/aromatic N) is 3. The average Bonchev–Trinajstić information content (AvgIpc) is 3.03. The molecule has 1 N–H and O–H groups in total. The minimum atomic E-state index is -0.163. The van der Waals surface area contributed by atoms with Crippen molar-refractivity contribution in [3.05, 3.63) is 45.7 Å². The first kappa shape index (κ1) is 14.8. The number of carbonyl (C=O) groups is 1. The van der Waals surface area contributed by atoms with Crippen molar-refractivity contribution in [2.75, 3.05) is 5.32 Å². The number of carbonyl (C=O) groups excluding carboxylic acids is 1. The maximum Gasteiger partial charge on any atom is 0.269 e. The Kier molecular flexibility index (Phi) is 4.00. The summed E-state index contributed by atoms with van der Waals surface area (Å²) < 4.78 is 0. The van der Waals surface area contributed by atoms with E-state index in [1.807, 2.05) is 32.9 Å². The van der Waals surface area contributed by atoms with Crippen LogP contribution < -0.4 is 5.32 Å². The molecule has 0 fully saturated rings. The number of amides is 1. The summed E-state index contributed by atoms with van der Waals surface area (Å²) in [6, 6.07) is 3.76. The predicted octanol–water partition coefficient (Wildman–Crippen LogP) is 3.84. The third-order valence-corrected chi connectivity index (χ3v) is 5.37. The van der Waals surface area contributed by atoms with Gasteiger partial charge in [-0.2, -0.15) is 0 Å². The zero-order valence-corrected chi connectivity index (χ0v) is 14.0. The SMILES string of the molecule is Cc1nc(NC(=O)c2sc(-c3ccncc3)nc2C)sc1C. The van der Waals surface area contributed by atoms with E-state index in [1.165, 1.54) is 22.7 Å². The minimum Gasteiger partial charge on any atom is -0.297 e. The molecule has 0 aromatic carbocycles. The van der Waals surface area contributed by atoms with Gasteiger partial charge in [-0.15, -0.1) is 22.7 Å². The molecular formula is C15H14N4OS2. The molecule has 3 rings (SSSR count). The van der Waals surface area contributed by atoms with E-state index in [0.29, 0.717) is 10.0 Å². The summed E-state index contributed by atoms with van der Waals surface area (Å²) in [7, 11) is 0. The second kappa shape index (κ2) is 5.94. The summed E-state index contributed by atoms with van der Waals surface area (Å²) in [4.78, 5) is 26.9. The van der Waals surface area contributed by atoms with E-state index in [2.05, 4.69) is 20.3 Å². The van der Waals surface area contributed by atoms with Crippen molar-refractivity contribution in [2.24, 2.45) is 0 Å². The molecule has 0 aliphatic rings. The number of pyridine rings is 1. The van der Waals surface area contributed by atoms with Gasteiger partial charge < -0.3 is 0 Å². The van der Waals surface area contributed by atoms with Crippen LogP contribution in [-0.4, -0.2) is 20.9 Å². The summed E-state index contributed by atoms with van der Waals surface area (Å²) in [5.74, 6) is -0.163. The van der Waals surface area contributed by atoms with E-state index >= 15 is 0 Å². The molecule has 0 bridgehead atoms. The molecule has 3 heterocycles. The summed E-state index contributed by atoms with van der Waals surface area (Å²) in [6.07, 6.45) is 3.43. The lowest BCUT2D eigenvalue weighted by atomic mass is 10.3. The van der Waals surface area contributed by atoms with Crippen molar-refractivity contribution in [1.82, 2.24) is 15.0 Å². The fraction of sp³-hybridized carbons (Fsp3) is 0.200. The van der Waals surface area contributed by atoms with Gasteiger partial charge in [-0.1, -0.05) is 0 Å². The van der Waals surface area contributed by atoms with E-state index in [1.54, 1.807) is 12.4 Å². The summed E-state index contributed by atoms with van der Waals surface area (Å²) in [5.41, 5.74) is 2.63. The van der Waals surface area contributed by atoms with Gasteiger partial charge in [0.15, 0.2) is 5.13 Å². The minimum absolute atomic E-state index is 0.163. The molecule has 3 aromatic rings. The molecule has 5 nitrogen and oxygen atoms in total. The Hall–Kier alpha value is -2.12. The lowest BCUT2D eigenvalue weighted by Crippen LogP contribution is -2.11. The number of thiazole rings is 2. The molecule has 0 spiro atoms. The van der Waals surface area contributed by atoms with E-state index < -0.39 is 0 Å². The molecule has 0 unspecified atom stereocenters. The van der Waals surface area contributed by atoms with Gasteiger partial charge in [0.25, 0.3) is 5.91 Å². The van der Waals surface area contributed by atoms with Crippen LogP contribution in [0.1, 0.15) is 25.9 Å².